The number of aliphatic hydroxyl groups is 1. The number of piperidine rings is 1. The summed E-state index contributed by atoms with van der Waals surface area (Å²) >= 11 is 3.11. The molecule has 6 rings (SSSR count). The number of hydrogen-bond acceptors (Lipinski definition) is 11. The number of aliphatic imine (C=N–C) groups is 1. The molecule has 0 radical (unpaired) electrons. The van der Waals surface area contributed by atoms with Crippen LogP contribution >= 0.6 is 22.9 Å². The lowest BCUT2D eigenvalue weighted by atomic mass is 9.71. The molecule has 45 heavy (non-hydrogen) atoms. The Hall–Kier alpha value is -3.11. The van der Waals surface area contributed by atoms with Crippen molar-refractivity contribution in [3.8, 4) is 23.5 Å². The molecule has 240 valence electrons. The van der Waals surface area contributed by atoms with Crippen LogP contribution in [-0.2, 0) is 11.8 Å². The molecule has 3 aromatic rings. The lowest BCUT2D eigenvalue weighted by Gasteiger charge is -2.37. The van der Waals surface area contributed by atoms with E-state index >= 15 is 0 Å². The summed E-state index contributed by atoms with van der Waals surface area (Å²) < 4.78 is 11.4. The Morgan fingerprint density at radius 2 is 2.00 bits per heavy atom. The third-order valence-electron chi connectivity index (χ3n) is 9.53. The Labute approximate surface area is 274 Å². The van der Waals surface area contributed by atoms with Gasteiger partial charge in [0.15, 0.2) is 0 Å². The first-order chi connectivity index (χ1) is 21.5. The summed E-state index contributed by atoms with van der Waals surface area (Å²) in [6, 6.07) is 7.26. The quantitative estimate of drug-likeness (QED) is 0.246. The molecule has 0 bridgehead atoms. The molecule has 0 spiro atoms. The molecule has 2 saturated heterocycles. The van der Waals surface area contributed by atoms with E-state index in [0.29, 0.717) is 29.9 Å². The third-order valence-corrected chi connectivity index (χ3v) is 11.7. The number of likely N-dealkylation sites (tertiary alicyclic amines) is 1. The molecule has 0 amide bonds. The van der Waals surface area contributed by atoms with Crippen molar-refractivity contribution in [3.05, 3.63) is 33.0 Å². The normalized spacial score (nSPS) is 26.2. The van der Waals surface area contributed by atoms with Crippen molar-refractivity contribution in [2.75, 3.05) is 45.7 Å². The molecule has 10 nitrogen and oxygen atoms in total. The van der Waals surface area contributed by atoms with E-state index in [9.17, 15) is 10.4 Å². The third kappa shape index (κ3) is 6.45. The van der Waals surface area contributed by atoms with Crippen molar-refractivity contribution < 1.29 is 9.84 Å². The molecule has 3 aromatic heterocycles. The maximum atomic E-state index is 10.9. The molecule has 12 heteroatoms. The summed E-state index contributed by atoms with van der Waals surface area (Å²) in [6.45, 7) is 8.60. The van der Waals surface area contributed by atoms with Gasteiger partial charge >= 0.3 is 6.01 Å². The van der Waals surface area contributed by atoms with Crippen LogP contribution in [-0.4, -0.2) is 94.1 Å². The number of aryl methyl sites for hydroxylation is 1. The van der Waals surface area contributed by atoms with Gasteiger partial charge in [0.05, 0.1) is 23.2 Å². The molecule has 2 fully saturated rings. The van der Waals surface area contributed by atoms with Gasteiger partial charge in [-0.3, -0.25) is 4.90 Å². The summed E-state index contributed by atoms with van der Waals surface area (Å²) in [5.74, 6) is 0.746. The van der Waals surface area contributed by atoms with Crippen LogP contribution in [0.2, 0.25) is 0 Å². The second kappa shape index (κ2) is 12.6. The molecule has 1 N–H and O–H groups in total. The predicted octanol–water partition coefficient (Wildman–Crippen LogP) is 5.61. The van der Waals surface area contributed by atoms with Crippen molar-refractivity contribution in [1.82, 2.24) is 24.1 Å². The summed E-state index contributed by atoms with van der Waals surface area (Å²) in [5, 5.41) is 21.9. The van der Waals surface area contributed by atoms with Gasteiger partial charge in [0.1, 0.15) is 28.7 Å². The van der Waals surface area contributed by atoms with E-state index in [4.69, 9.17) is 19.1 Å². The van der Waals surface area contributed by atoms with Crippen LogP contribution in [0.25, 0.3) is 11.4 Å². The zero-order chi connectivity index (χ0) is 31.9. The standard InChI is InChI=1S/C33H44N8O2S2/c1-21(25-10-8-14-40(25)6)43-31-36-23(17-28(37-31)41-15-9-12-32(2,42)19-41)24-16-27(45-38-24)33(3)13-7-11-26-29(33)22(18-34)30(44-26)35-20-39(4)5/h16-17,20-21,25,42H,7-15,19H2,1-6H3/t21-,25-,32+,33?/m0/s1. The van der Waals surface area contributed by atoms with Crippen molar-refractivity contribution in [1.29, 1.82) is 5.26 Å². The zero-order valence-electron chi connectivity index (χ0n) is 27.2. The van der Waals surface area contributed by atoms with Crippen LogP contribution in [0.3, 0.4) is 0 Å². The molecule has 1 aliphatic carbocycles. The molecular weight excluding hydrogens is 605 g/mol. The number of ether oxygens (including phenoxy) is 1. The van der Waals surface area contributed by atoms with Gasteiger partial charge in [-0.1, -0.05) is 6.92 Å². The molecule has 0 aromatic carbocycles. The van der Waals surface area contributed by atoms with E-state index in [-0.39, 0.29) is 11.5 Å². The number of rotatable bonds is 8. The molecule has 2 aliphatic heterocycles. The largest absolute Gasteiger partial charge is 0.459 e. The summed E-state index contributed by atoms with van der Waals surface area (Å²) in [4.78, 5) is 23.1. The monoisotopic (exact) mass is 648 g/mol. The van der Waals surface area contributed by atoms with Gasteiger partial charge in [0.2, 0.25) is 0 Å². The number of aromatic nitrogens is 3. The van der Waals surface area contributed by atoms with Crippen molar-refractivity contribution in [2.24, 2.45) is 4.99 Å². The van der Waals surface area contributed by atoms with Crippen molar-refractivity contribution >= 4 is 40.0 Å². The smallest absolute Gasteiger partial charge is 0.319 e. The van der Waals surface area contributed by atoms with Crippen LogP contribution in [0.1, 0.15) is 80.2 Å². The first-order valence-corrected chi connectivity index (χ1v) is 17.5. The molecule has 3 aliphatic rings. The van der Waals surface area contributed by atoms with Crippen LogP contribution < -0.4 is 9.64 Å². The van der Waals surface area contributed by atoms with Gasteiger partial charge < -0.3 is 19.6 Å². The summed E-state index contributed by atoms with van der Waals surface area (Å²) in [5.41, 5.74) is 2.12. The average Bonchev–Trinajstić information content (AvgIpc) is 3.74. The van der Waals surface area contributed by atoms with E-state index in [0.717, 1.165) is 85.0 Å². The second-order valence-electron chi connectivity index (χ2n) is 13.6. The molecule has 5 heterocycles. The topological polar surface area (TPSA) is 114 Å². The fourth-order valence-corrected chi connectivity index (χ4v) is 9.34. The van der Waals surface area contributed by atoms with E-state index < -0.39 is 5.60 Å². The van der Waals surface area contributed by atoms with Gasteiger partial charge in [-0.2, -0.15) is 19.6 Å². The number of nitriles is 1. The lowest BCUT2D eigenvalue weighted by Crippen LogP contribution is -2.46. The average molecular weight is 649 g/mol. The fourth-order valence-electron chi connectivity index (χ4n) is 7.17. The Bertz CT molecular complexity index is 1610. The highest BCUT2D eigenvalue weighted by Crippen LogP contribution is 2.51. The van der Waals surface area contributed by atoms with Gasteiger partial charge in [-0.15, -0.1) is 11.3 Å². The first kappa shape index (κ1) is 31.9. The maximum Gasteiger partial charge on any atom is 0.319 e. The molecule has 0 saturated carbocycles. The maximum absolute atomic E-state index is 10.9. The number of nitrogens with zero attached hydrogens (tertiary/aromatic N) is 8. The van der Waals surface area contributed by atoms with E-state index in [1.165, 1.54) is 16.4 Å². The van der Waals surface area contributed by atoms with Crippen LogP contribution in [0.15, 0.2) is 17.1 Å². The highest BCUT2D eigenvalue weighted by atomic mass is 32.1. The number of thiophene rings is 1. The van der Waals surface area contributed by atoms with E-state index in [1.54, 1.807) is 17.7 Å². The van der Waals surface area contributed by atoms with Gasteiger partial charge in [-0.25, -0.2) is 4.99 Å². The molecular formula is C33H44N8O2S2. The van der Waals surface area contributed by atoms with Crippen molar-refractivity contribution in [2.45, 2.75) is 88.9 Å². The highest BCUT2D eigenvalue weighted by Gasteiger charge is 2.41. The predicted molar refractivity (Wildman–Crippen MR) is 181 cm³/mol. The Kier molecular flexibility index (Phi) is 8.91. The zero-order valence-corrected chi connectivity index (χ0v) is 28.8. The molecule has 4 atom stereocenters. The van der Waals surface area contributed by atoms with Crippen LogP contribution in [0.4, 0.5) is 10.8 Å². The van der Waals surface area contributed by atoms with Crippen LogP contribution in [0, 0.1) is 11.3 Å². The van der Waals surface area contributed by atoms with Crippen LogP contribution in [0.5, 0.6) is 6.01 Å². The number of hydrogen-bond donors (Lipinski definition) is 1. The number of anilines is 1. The number of fused-ring (bicyclic) bond motifs is 1. The van der Waals surface area contributed by atoms with Crippen molar-refractivity contribution in [3.63, 3.8) is 0 Å². The fraction of sp³-hybridized carbons (Fsp3) is 0.606. The summed E-state index contributed by atoms with van der Waals surface area (Å²) in [7, 11) is 6.01. The minimum atomic E-state index is -0.778. The van der Waals surface area contributed by atoms with Gasteiger partial charge in [-0.05, 0) is 95.5 Å². The number of β-amino-alcohol motifs (C(OH)–C–C–N with tert-alkyl or cyclic N) is 1. The van der Waals surface area contributed by atoms with Gasteiger partial charge in [0, 0.05) is 54.5 Å². The minimum absolute atomic E-state index is 0.0667. The van der Waals surface area contributed by atoms with E-state index in [2.05, 4.69) is 47.8 Å². The Morgan fingerprint density at radius 1 is 1.18 bits per heavy atom. The number of likely N-dealkylation sites (N-methyl/N-ethyl adjacent to an activating group) is 1. The molecule has 1 unspecified atom stereocenters. The highest BCUT2D eigenvalue weighted by molar-refractivity contribution is 7.16. The lowest BCUT2D eigenvalue weighted by molar-refractivity contribution is 0.0445. The van der Waals surface area contributed by atoms with Gasteiger partial charge in [0.25, 0.3) is 0 Å². The summed E-state index contributed by atoms with van der Waals surface area (Å²) in [6.07, 6.45) is 8.52. The SMILES string of the molecule is C[C@H](Oc1nc(-c2cc(C3(C)CCCc4sc(N=CN(C)C)c(C#N)c43)sn2)cc(N2CCC[C@@](C)(O)C2)n1)[C@@H]1CCCN1C. The minimum Gasteiger partial charge on any atom is -0.459 e. The first-order valence-electron chi connectivity index (χ1n) is 16.0. The Morgan fingerprint density at radius 3 is 2.71 bits per heavy atom. The second-order valence-corrected chi connectivity index (χ2v) is 15.5. The Balaban J connectivity index is 1.37. The van der Waals surface area contributed by atoms with E-state index in [1.807, 2.05) is 32.0 Å².